The van der Waals surface area contributed by atoms with E-state index in [1.54, 1.807) is 6.92 Å². The van der Waals surface area contributed by atoms with E-state index < -0.39 is 18.2 Å². The predicted molar refractivity (Wildman–Crippen MR) is 174 cm³/mol. The van der Waals surface area contributed by atoms with Crippen molar-refractivity contribution in [2.75, 3.05) is 20.3 Å². The number of allylic oxidation sites excluding steroid dienone is 7. The Hall–Kier alpha value is -3.74. The summed E-state index contributed by atoms with van der Waals surface area (Å²) >= 11 is 0. The van der Waals surface area contributed by atoms with Gasteiger partial charge in [-0.25, -0.2) is 4.79 Å². The number of hydrogen-bond acceptors (Lipinski definition) is 6. The molecule has 43 heavy (non-hydrogen) atoms. The van der Waals surface area contributed by atoms with E-state index >= 15 is 0 Å². The van der Waals surface area contributed by atoms with Crippen LogP contribution in [-0.4, -0.2) is 43.3 Å². The number of Topliss-reactive ketones (excluding diaryl/α,β-unsaturated/α-hetero) is 1. The van der Waals surface area contributed by atoms with Crippen LogP contribution in [0.4, 0.5) is 4.79 Å². The molecule has 2 N–H and O–H groups in total. The van der Waals surface area contributed by atoms with Gasteiger partial charge in [-0.15, -0.1) is 0 Å². The molecule has 1 aromatic carbocycles. The minimum atomic E-state index is -0.750. The van der Waals surface area contributed by atoms with E-state index in [2.05, 4.69) is 62.3 Å². The number of H-pyrrole nitrogens is 1. The van der Waals surface area contributed by atoms with Crippen molar-refractivity contribution in [2.45, 2.75) is 86.2 Å². The first-order valence-corrected chi connectivity index (χ1v) is 15.5. The average molecular weight is 591 g/mol. The van der Waals surface area contributed by atoms with E-state index in [-0.39, 0.29) is 24.1 Å². The van der Waals surface area contributed by atoms with Gasteiger partial charge in [0.2, 0.25) is 5.78 Å². The van der Waals surface area contributed by atoms with Crippen LogP contribution >= 0.6 is 0 Å². The van der Waals surface area contributed by atoms with Crippen molar-refractivity contribution in [3.63, 3.8) is 0 Å². The van der Waals surface area contributed by atoms with Gasteiger partial charge in [0.1, 0.15) is 0 Å². The SMILES string of the molecule is CCOC(=O)O[C@@H]1C(NCCc2c[nH]c3ccccc23)=C(OC)C(=O)[C@@H](C)[C@@H]1C/C=C(\C)CC/C=C(\C)CCC=C(C)C. The number of aromatic amines is 1. The van der Waals surface area contributed by atoms with Gasteiger partial charge in [-0.3, -0.25) is 4.79 Å². The van der Waals surface area contributed by atoms with E-state index in [9.17, 15) is 9.59 Å². The third kappa shape index (κ3) is 9.63. The number of carbonyl (C=O) groups is 2. The number of fused-ring (bicyclic) bond motifs is 1. The zero-order valence-corrected chi connectivity index (χ0v) is 27.0. The fraction of sp³-hybridized carbons (Fsp3) is 0.500. The lowest BCUT2D eigenvalue weighted by Gasteiger charge is -2.37. The zero-order chi connectivity index (χ0) is 31.4. The lowest BCUT2D eigenvalue weighted by atomic mass is 9.76. The number of benzene rings is 1. The Morgan fingerprint density at radius 1 is 1.02 bits per heavy atom. The van der Waals surface area contributed by atoms with Crippen LogP contribution < -0.4 is 5.32 Å². The second-order valence-corrected chi connectivity index (χ2v) is 11.7. The number of nitrogens with one attached hydrogen (secondary N) is 2. The summed E-state index contributed by atoms with van der Waals surface area (Å²) in [6.45, 7) is 12.9. The Balaban J connectivity index is 1.76. The van der Waals surface area contributed by atoms with Gasteiger partial charge in [0, 0.05) is 35.5 Å². The number of para-hydroxylation sites is 1. The van der Waals surface area contributed by atoms with E-state index in [0.717, 1.165) is 42.1 Å². The summed E-state index contributed by atoms with van der Waals surface area (Å²) in [7, 11) is 1.49. The topological polar surface area (TPSA) is 89.7 Å². The summed E-state index contributed by atoms with van der Waals surface area (Å²) in [4.78, 5) is 29.4. The van der Waals surface area contributed by atoms with Crippen molar-refractivity contribution in [2.24, 2.45) is 11.8 Å². The maximum atomic E-state index is 13.5. The monoisotopic (exact) mass is 590 g/mol. The molecule has 1 aliphatic rings. The van der Waals surface area contributed by atoms with Gasteiger partial charge >= 0.3 is 6.16 Å². The van der Waals surface area contributed by atoms with E-state index in [4.69, 9.17) is 14.2 Å². The fourth-order valence-electron chi connectivity index (χ4n) is 5.61. The molecule has 0 spiro atoms. The number of methoxy groups -OCH3 is 1. The molecule has 1 heterocycles. The van der Waals surface area contributed by atoms with Gasteiger partial charge < -0.3 is 24.5 Å². The van der Waals surface area contributed by atoms with E-state index in [0.29, 0.717) is 25.1 Å². The molecular weight excluding hydrogens is 540 g/mol. The highest BCUT2D eigenvalue weighted by atomic mass is 16.7. The summed E-state index contributed by atoms with van der Waals surface area (Å²) in [6.07, 6.45) is 12.7. The third-order valence-electron chi connectivity index (χ3n) is 8.13. The normalized spacial score (nSPS) is 19.4. The number of carbonyl (C=O) groups excluding carboxylic acids is 2. The van der Waals surface area contributed by atoms with Gasteiger partial charge in [0.25, 0.3) is 0 Å². The predicted octanol–water partition coefficient (Wildman–Crippen LogP) is 8.34. The molecule has 3 rings (SSSR count). The Labute approximate surface area is 257 Å². The van der Waals surface area contributed by atoms with Crippen LogP contribution in [0.1, 0.15) is 79.2 Å². The first kappa shape index (κ1) is 33.8. The van der Waals surface area contributed by atoms with Crippen LogP contribution in [0.15, 0.2) is 76.9 Å². The Morgan fingerprint density at radius 3 is 2.42 bits per heavy atom. The van der Waals surface area contributed by atoms with Crippen LogP contribution in [0, 0.1) is 11.8 Å². The molecule has 0 fully saturated rings. The quantitative estimate of drug-likeness (QED) is 0.160. The average Bonchev–Trinajstić information content (AvgIpc) is 3.38. The minimum Gasteiger partial charge on any atom is -0.491 e. The summed E-state index contributed by atoms with van der Waals surface area (Å²) in [5.74, 6) is -0.532. The molecule has 0 bridgehead atoms. The van der Waals surface area contributed by atoms with Crippen LogP contribution in [0.2, 0.25) is 0 Å². The highest BCUT2D eigenvalue weighted by Gasteiger charge is 2.44. The highest BCUT2D eigenvalue weighted by molar-refractivity contribution is 5.97. The van der Waals surface area contributed by atoms with Crippen molar-refractivity contribution in [3.05, 3.63) is 82.4 Å². The number of rotatable bonds is 15. The Kier molecular flexibility index (Phi) is 13.2. The zero-order valence-electron chi connectivity index (χ0n) is 27.0. The maximum absolute atomic E-state index is 13.5. The van der Waals surface area contributed by atoms with Gasteiger partial charge in [0.15, 0.2) is 11.9 Å². The third-order valence-corrected chi connectivity index (χ3v) is 8.13. The Morgan fingerprint density at radius 2 is 1.72 bits per heavy atom. The molecule has 234 valence electrons. The molecule has 7 nitrogen and oxygen atoms in total. The molecule has 0 unspecified atom stereocenters. The lowest BCUT2D eigenvalue weighted by molar-refractivity contribution is -0.127. The highest BCUT2D eigenvalue weighted by Crippen LogP contribution is 2.36. The maximum Gasteiger partial charge on any atom is 0.508 e. The number of aromatic nitrogens is 1. The summed E-state index contributed by atoms with van der Waals surface area (Å²) in [5, 5.41) is 4.58. The minimum absolute atomic E-state index is 0.0909. The van der Waals surface area contributed by atoms with Crippen molar-refractivity contribution in [1.82, 2.24) is 10.3 Å². The van der Waals surface area contributed by atoms with E-state index in [1.807, 2.05) is 31.3 Å². The molecule has 0 amide bonds. The van der Waals surface area contributed by atoms with Crippen molar-refractivity contribution >= 4 is 22.8 Å². The lowest BCUT2D eigenvalue weighted by Crippen LogP contribution is -2.46. The molecule has 0 saturated carbocycles. The van der Waals surface area contributed by atoms with Crippen LogP contribution in [0.3, 0.4) is 0 Å². The second kappa shape index (κ2) is 16.8. The Bertz CT molecular complexity index is 1360. The van der Waals surface area contributed by atoms with Crippen LogP contribution in [0.5, 0.6) is 0 Å². The van der Waals surface area contributed by atoms with E-state index in [1.165, 1.54) is 23.8 Å². The molecule has 1 aliphatic carbocycles. The molecule has 1 aromatic heterocycles. The van der Waals surface area contributed by atoms with Gasteiger partial charge in [-0.05, 0) is 84.8 Å². The summed E-state index contributed by atoms with van der Waals surface area (Å²) < 4.78 is 16.7. The molecule has 7 heteroatoms. The molecular formula is C36H50N2O5. The largest absolute Gasteiger partial charge is 0.508 e. The van der Waals surface area contributed by atoms with Crippen LogP contribution in [-0.2, 0) is 25.4 Å². The number of ether oxygens (including phenoxy) is 3. The number of ketones is 1. The number of hydrogen-bond donors (Lipinski definition) is 2. The van der Waals surface area contributed by atoms with Crippen LogP contribution in [0.25, 0.3) is 10.9 Å². The molecule has 0 radical (unpaired) electrons. The second-order valence-electron chi connectivity index (χ2n) is 11.7. The first-order valence-electron chi connectivity index (χ1n) is 15.5. The molecule has 2 aromatic rings. The van der Waals surface area contributed by atoms with Gasteiger partial charge in [-0.1, -0.05) is 60.1 Å². The molecule has 0 saturated heterocycles. The summed E-state index contributed by atoms with van der Waals surface area (Å²) in [5.41, 5.74) is 6.75. The standard InChI is InChI=1S/C36H50N2O5/c1-8-42-36(40)43-34-29(20-19-26(5)16-12-15-25(4)14-11-13-24(2)3)27(6)33(39)35(41-7)32(34)37-22-21-28-23-38-31-18-10-9-17-30(28)31/h9-10,13,15,17-19,23,27,29,34,37-38H,8,11-12,14,16,20-22H2,1-7H3/b25-15+,26-19+/t27-,29-,34-/m0/s1. The van der Waals surface area contributed by atoms with Gasteiger partial charge in [0.05, 0.1) is 19.4 Å². The smallest absolute Gasteiger partial charge is 0.491 e. The van der Waals surface area contributed by atoms with Gasteiger partial charge in [-0.2, -0.15) is 0 Å². The molecule has 0 aliphatic heterocycles. The summed E-state index contributed by atoms with van der Waals surface area (Å²) in [6, 6.07) is 8.16. The fourth-order valence-corrected chi connectivity index (χ4v) is 5.61. The molecule has 3 atom stereocenters. The first-order chi connectivity index (χ1) is 20.7. The van der Waals surface area contributed by atoms with Crippen molar-refractivity contribution < 1.29 is 23.8 Å². The van der Waals surface area contributed by atoms with Crippen molar-refractivity contribution in [3.8, 4) is 0 Å². The van der Waals surface area contributed by atoms with Crippen molar-refractivity contribution in [1.29, 1.82) is 0 Å².